The molecule has 0 aliphatic carbocycles. The highest BCUT2D eigenvalue weighted by molar-refractivity contribution is 7.16. The summed E-state index contributed by atoms with van der Waals surface area (Å²) in [4.78, 5) is 8.55. The van der Waals surface area contributed by atoms with Crippen LogP contribution >= 0.6 is 11.3 Å². The van der Waals surface area contributed by atoms with Gasteiger partial charge in [0, 0.05) is 6.20 Å². The second-order valence-corrected chi connectivity index (χ2v) is 4.55. The van der Waals surface area contributed by atoms with Crippen LogP contribution in [0.1, 0.15) is 11.3 Å². The molecule has 0 radical (unpaired) electrons. The summed E-state index contributed by atoms with van der Waals surface area (Å²) in [7, 11) is 0. The normalized spacial score (nSPS) is 11.3. The van der Waals surface area contributed by atoms with Crippen molar-refractivity contribution in [1.82, 2.24) is 9.97 Å². The maximum absolute atomic E-state index is 4.30. The molecule has 82 valence electrons. The largest absolute Gasteiger partial charge is 0.257 e. The molecule has 0 unspecified atom stereocenters. The van der Waals surface area contributed by atoms with Gasteiger partial charge in [0.25, 0.3) is 0 Å². The van der Waals surface area contributed by atoms with E-state index in [1.54, 1.807) is 17.5 Å². The van der Waals surface area contributed by atoms with Crippen molar-refractivity contribution < 1.29 is 0 Å². The van der Waals surface area contributed by atoms with E-state index >= 15 is 0 Å². The molecule has 2 aromatic heterocycles. The number of fused-ring (bicyclic) bond motifs is 1. The Kier molecular flexibility index (Phi) is 2.68. The summed E-state index contributed by atoms with van der Waals surface area (Å²) >= 11 is 1.66. The second-order valence-electron chi connectivity index (χ2n) is 3.67. The van der Waals surface area contributed by atoms with Crippen molar-refractivity contribution in [3.63, 3.8) is 0 Å². The third kappa shape index (κ3) is 2.24. The van der Waals surface area contributed by atoms with Crippen LogP contribution in [0, 0.1) is 0 Å². The summed E-state index contributed by atoms with van der Waals surface area (Å²) in [6.07, 6.45) is 5.86. The lowest BCUT2D eigenvalue weighted by Crippen LogP contribution is -1.77. The highest BCUT2D eigenvalue weighted by atomic mass is 32.1. The second kappa shape index (κ2) is 4.47. The maximum Gasteiger partial charge on any atom is 0.0817 e. The predicted octanol–water partition coefficient (Wildman–Crippen LogP) is 3.86. The van der Waals surface area contributed by atoms with E-state index < -0.39 is 0 Å². The van der Waals surface area contributed by atoms with Gasteiger partial charge in [0.2, 0.25) is 0 Å². The van der Waals surface area contributed by atoms with Gasteiger partial charge in [-0.05, 0) is 35.9 Å². The van der Waals surface area contributed by atoms with Crippen molar-refractivity contribution in [2.45, 2.75) is 0 Å². The fourth-order valence-electron chi connectivity index (χ4n) is 1.63. The van der Waals surface area contributed by atoms with Gasteiger partial charge < -0.3 is 0 Å². The standard InChI is InChI=1S/C14H10N2S/c1-2-8-15-12(3-1)6-4-11-5-7-14-13(9-11)16-10-17-14/h1-10H. The Balaban J connectivity index is 1.92. The van der Waals surface area contributed by atoms with Crippen LogP contribution in [0.25, 0.3) is 22.4 Å². The van der Waals surface area contributed by atoms with Gasteiger partial charge >= 0.3 is 0 Å². The molecule has 0 N–H and O–H groups in total. The predicted molar refractivity (Wildman–Crippen MR) is 72.8 cm³/mol. The molecule has 0 saturated heterocycles. The molecule has 3 rings (SSSR count). The van der Waals surface area contributed by atoms with E-state index in [2.05, 4.69) is 34.2 Å². The molecule has 0 amide bonds. The number of pyridine rings is 1. The minimum atomic E-state index is 0.964. The number of rotatable bonds is 2. The van der Waals surface area contributed by atoms with Crippen molar-refractivity contribution in [2.24, 2.45) is 0 Å². The highest BCUT2D eigenvalue weighted by Crippen LogP contribution is 2.19. The molecule has 0 bridgehead atoms. The summed E-state index contributed by atoms with van der Waals surface area (Å²) in [5.41, 5.74) is 5.04. The van der Waals surface area contributed by atoms with E-state index in [4.69, 9.17) is 0 Å². The molecule has 3 heteroatoms. The van der Waals surface area contributed by atoms with Crippen LogP contribution in [-0.2, 0) is 0 Å². The summed E-state index contributed by atoms with van der Waals surface area (Å²) in [6.45, 7) is 0. The Morgan fingerprint density at radius 3 is 2.88 bits per heavy atom. The van der Waals surface area contributed by atoms with Crippen LogP contribution in [0.4, 0.5) is 0 Å². The third-order valence-electron chi connectivity index (χ3n) is 2.49. The highest BCUT2D eigenvalue weighted by Gasteiger charge is 1.96. The number of hydrogen-bond donors (Lipinski definition) is 0. The number of aromatic nitrogens is 2. The fraction of sp³-hybridized carbons (Fsp3) is 0. The minimum absolute atomic E-state index is 0.964. The van der Waals surface area contributed by atoms with E-state index in [-0.39, 0.29) is 0 Å². The number of benzene rings is 1. The summed E-state index contributed by atoms with van der Waals surface area (Å²) in [5.74, 6) is 0. The first-order chi connectivity index (χ1) is 8.42. The van der Waals surface area contributed by atoms with Gasteiger partial charge in [0.05, 0.1) is 21.4 Å². The van der Waals surface area contributed by atoms with Gasteiger partial charge in [-0.3, -0.25) is 4.98 Å². The number of hydrogen-bond acceptors (Lipinski definition) is 3. The van der Waals surface area contributed by atoms with Gasteiger partial charge in [-0.15, -0.1) is 11.3 Å². The Hall–Kier alpha value is -2.00. The third-order valence-corrected chi connectivity index (χ3v) is 3.30. The average molecular weight is 238 g/mol. The molecule has 3 aromatic rings. The molecule has 0 saturated carbocycles. The van der Waals surface area contributed by atoms with Crippen LogP contribution in [0.2, 0.25) is 0 Å². The molecule has 0 aliphatic rings. The maximum atomic E-state index is 4.30. The summed E-state index contributed by atoms with van der Waals surface area (Å²) in [6, 6.07) is 12.2. The number of thiazole rings is 1. The monoisotopic (exact) mass is 238 g/mol. The molecular formula is C14H10N2S. The van der Waals surface area contributed by atoms with Crippen molar-refractivity contribution in [1.29, 1.82) is 0 Å². The van der Waals surface area contributed by atoms with Crippen molar-refractivity contribution >= 4 is 33.7 Å². The summed E-state index contributed by atoms with van der Waals surface area (Å²) < 4.78 is 1.22. The minimum Gasteiger partial charge on any atom is -0.257 e. The molecule has 0 fully saturated rings. The first-order valence-electron chi connectivity index (χ1n) is 5.34. The Morgan fingerprint density at radius 1 is 1.00 bits per heavy atom. The molecular weight excluding hydrogens is 228 g/mol. The van der Waals surface area contributed by atoms with Gasteiger partial charge in [0.1, 0.15) is 0 Å². The lowest BCUT2D eigenvalue weighted by Gasteiger charge is -1.94. The molecule has 0 spiro atoms. The molecule has 0 atom stereocenters. The van der Waals surface area contributed by atoms with Crippen molar-refractivity contribution in [3.05, 3.63) is 59.4 Å². The first kappa shape index (κ1) is 10.2. The van der Waals surface area contributed by atoms with Gasteiger partial charge in [0.15, 0.2) is 0 Å². The first-order valence-corrected chi connectivity index (χ1v) is 6.22. The SMILES string of the molecule is C(=Cc1ccccn1)c1ccc2scnc2c1. The quantitative estimate of drug-likeness (QED) is 0.677. The van der Waals surface area contributed by atoms with Crippen LogP contribution in [0.15, 0.2) is 48.1 Å². The fourth-order valence-corrected chi connectivity index (χ4v) is 2.29. The van der Waals surface area contributed by atoms with Crippen molar-refractivity contribution in [3.8, 4) is 0 Å². The summed E-state index contributed by atoms with van der Waals surface area (Å²) in [5, 5.41) is 0. The molecule has 2 nitrogen and oxygen atoms in total. The lowest BCUT2D eigenvalue weighted by molar-refractivity contribution is 1.30. The van der Waals surface area contributed by atoms with Crippen molar-refractivity contribution in [2.75, 3.05) is 0 Å². The van der Waals surface area contributed by atoms with Gasteiger partial charge in [-0.1, -0.05) is 18.2 Å². The zero-order chi connectivity index (χ0) is 11.5. The smallest absolute Gasteiger partial charge is 0.0817 e. The average Bonchev–Trinajstić information content (AvgIpc) is 2.85. The van der Waals surface area contributed by atoms with E-state index in [0.29, 0.717) is 0 Å². The molecule has 2 heterocycles. The zero-order valence-corrected chi connectivity index (χ0v) is 9.89. The molecule has 1 aromatic carbocycles. The molecule has 17 heavy (non-hydrogen) atoms. The van der Waals surface area contributed by atoms with Crippen LogP contribution in [-0.4, -0.2) is 9.97 Å². The zero-order valence-electron chi connectivity index (χ0n) is 9.08. The Bertz CT molecular complexity index is 656. The van der Waals surface area contributed by atoms with Gasteiger partial charge in [-0.2, -0.15) is 0 Å². The van der Waals surface area contributed by atoms with E-state index in [1.165, 1.54) is 4.70 Å². The van der Waals surface area contributed by atoms with E-state index in [0.717, 1.165) is 16.8 Å². The van der Waals surface area contributed by atoms with Crippen LogP contribution in [0.3, 0.4) is 0 Å². The van der Waals surface area contributed by atoms with E-state index in [9.17, 15) is 0 Å². The van der Waals surface area contributed by atoms with Gasteiger partial charge in [-0.25, -0.2) is 4.98 Å². The van der Waals surface area contributed by atoms with Crippen LogP contribution < -0.4 is 0 Å². The Labute approximate surface area is 103 Å². The topological polar surface area (TPSA) is 25.8 Å². The van der Waals surface area contributed by atoms with E-state index in [1.807, 2.05) is 29.8 Å². The number of nitrogens with zero attached hydrogens (tertiary/aromatic N) is 2. The van der Waals surface area contributed by atoms with Crippen LogP contribution in [0.5, 0.6) is 0 Å². The lowest BCUT2D eigenvalue weighted by atomic mass is 10.2. The Morgan fingerprint density at radius 2 is 2.00 bits per heavy atom. The molecule has 0 aliphatic heterocycles.